The molecule has 0 aliphatic carbocycles. The topological polar surface area (TPSA) is 47.6 Å². The van der Waals surface area contributed by atoms with Crippen LogP contribution in [0, 0.1) is 0 Å². The standard InChI is InChI=1S/C27H25NO3S/c29-27(20-5-2-1-3-6-20)28-12-14-30-18-23-8-4-7-22-17-24(32-26(22)23)16-19-9-10-25-21(15-19)11-13-31-25/h1-10,15,17H,11-14,16,18H2,(H,28,29). The van der Waals surface area contributed by atoms with Crippen LogP contribution in [0.5, 0.6) is 5.75 Å². The first-order chi connectivity index (χ1) is 15.8. The molecule has 4 aromatic rings. The van der Waals surface area contributed by atoms with Gasteiger partial charge in [-0.05, 0) is 46.3 Å². The van der Waals surface area contributed by atoms with Gasteiger partial charge in [-0.25, -0.2) is 0 Å². The lowest BCUT2D eigenvalue weighted by Gasteiger charge is -2.07. The highest BCUT2D eigenvalue weighted by atomic mass is 32.1. The van der Waals surface area contributed by atoms with E-state index in [2.05, 4.69) is 47.8 Å². The minimum Gasteiger partial charge on any atom is -0.493 e. The maximum Gasteiger partial charge on any atom is 0.251 e. The number of hydrogen-bond acceptors (Lipinski definition) is 4. The first-order valence-corrected chi connectivity index (χ1v) is 11.7. The predicted molar refractivity (Wildman–Crippen MR) is 129 cm³/mol. The van der Waals surface area contributed by atoms with Crippen LogP contribution in [0.1, 0.15) is 31.9 Å². The van der Waals surface area contributed by atoms with Gasteiger partial charge in [-0.3, -0.25) is 4.79 Å². The molecule has 0 bridgehead atoms. The van der Waals surface area contributed by atoms with Gasteiger partial charge in [0.05, 0.1) is 19.8 Å². The largest absolute Gasteiger partial charge is 0.493 e. The zero-order valence-corrected chi connectivity index (χ0v) is 18.6. The molecule has 1 aliphatic heterocycles. The fourth-order valence-corrected chi connectivity index (χ4v) is 5.23. The van der Waals surface area contributed by atoms with Gasteiger partial charge in [0.2, 0.25) is 0 Å². The summed E-state index contributed by atoms with van der Waals surface area (Å²) in [6.45, 7) is 2.29. The molecule has 0 saturated heterocycles. The van der Waals surface area contributed by atoms with E-state index in [9.17, 15) is 4.79 Å². The minimum atomic E-state index is -0.0719. The molecule has 1 aliphatic rings. The highest BCUT2D eigenvalue weighted by Gasteiger charge is 2.13. The van der Waals surface area contributed by atoms with Gasteiger partial charge in [-0.1, -0.05) is 48.5 Å². The average molecular weight is 444 g/mol. The molecule has 1 aromatic heterocycles. The third-order valence-electron chi connectivity index (χ3n) is 5.63. The summed E-state index contributed by atoms with van der Waals surface area (Å²) in [5.74, 6) is 0.960. The Bertz CT molecular complexity index is 1230. The molecule has 0 spiro atoms. The summed E-state index contributed by atoms with van der Waals surface area (Å²) >= 11 is 1.84. The molecule has 1 amide bonds. The van der Waals surface area contributed by atoms with Crippen LogP contribution >= 0.6 is 11.3 Å². The lowest BCUT2D eigenvalue weighted by atomic mass is 10.1. The van der Waals surface area contributed by atoms with Crippen molar-refractivity contribution in [3.8, 4) is 5.75 Å². The number of carbonyl (C=O) groups is 1. The summed E-state index contributed by atoms with van der Waals surface area (Å²) in [4.78, 5) is 13.4. The van der Waals surface area contributed by atoms with E-state index >= 15 is 0 Å². The fraction of sp³-hybridized carbons (Fsp3) is 0.222. The number of nitrogens with one attached hydrogen (secondary N) is 1. The van der Waals surface area contributed by atoms with Crippen molar-refractivity contribution in [2.75, 3.05) is 19.8 Å². The summed E-state index contributed by atoms with van der Waals surface area (Å²) in [5, 5.41) is 4.16. The quantitative estimate of drug-likeness (QED) is 0.372. The maximum atomic E-state index is 12.1. The minimum absolute atomic E-state index is 0.0719. The highest BCUT2D eigenvalue weighted by molar-refractivity contribution is 7.19. The molecule has 5 rings (SSSR count). The molecular weight excluding hydrogens is 418 g/mol. The predicted octanol–water partition coefficient (Wildman–Crippen LogP) is 5.37. The second kappa shape index (κ2) is 9.55. The van der Waals surface area contributed by atoms with E-state index in [0.29, 0.717) is 25.3 Å². The number of benzene rings is 3. The molecule has 0 atom stereocenters. The van der Waals surface area contributed by atoms with E-state index in [1.807, 2.05) is 41.7 Å². The first-order valence-electron chi connectivity index (χ1n) is 10.9. The Hall–Kier alpha value is -3.15. The molecule has 4 nitrogen and oxygen atoms in total. The van der Waals surface area contributed by atoms with Crippen LogP contribution in [0.15, 0.2) is 72.8 Å². The third kappa shape index (κ3) is 4.69. The van der Waals surface area contributed by atoms with Crippen molar-refractivity contribution in [2.24, 2.45) is 0 Å². The van der Waals surface area contributed by atoms with Crippen LogP contribution in [0.25, 0.3) is 10.1 Å². The summed E-state index contributed by atoms with van der Waals surface area (Å²) in [6.07, 6.45) is 1.93. The third-order valence-corrected chi connectivity index (χ3v) is 6.86. The number of hydrogen-bond donors (Lipinski definition) is 1. The van der Waals surface area contributed by atoms with Gasteiger partial charge in [0.15, 0.2) is 0 Å². The summed E-state index contributed by atoms with van der Waals surface area (Å²) < 4.78 is 12.8. The van der Waals surface area contributed by atoms with Gasteiger partial charge in [0.25, 0.3) is 5.91 Å². The van der Waals surface area contributed by atoms with Crippen LogP contribution in [0.4, 0.5) is 0 Å². The molecular formula is C27H25NO3S. The van der Waals surface area contributed by atoms with Gasteiger partial charge in [-0.15, -0.1) is 11.3 Å². The molecule has 3 aromatic carbocycles. The van der Waals surface area contributed by atoms with Crippen LogP contribution in [0.3, 0.4) is 0 Å². The Morgan fingerprint density at radius 1 is 1.03 bits per heavy atom. The molecule has 5 heteroatoms. The highest BCUT2D eigenvalue weighted by Crippen LogP contribution is 2.32. The Balaban J connectivity index is 1.18. The maximum absolute atomic E-state index is 12.1. The van der Waals surface area contributed by atoms with E-state index in [-0.39, 0.29) is 5.91 Å². The SMILES string of the molecule is O=C(NCCOCc1cccc2cc(Cc3ccc4c(c3)CCO4)sc12)c1ccccc1. The Morgan fingerprint density at radius 2 is 1.94 bits per heavy atom. The monoisotopic (exact) mass is 443 g/mol. The summed E-state index contributed by atoms with van der Waals surface area (Å²) in [6, 6.07) is 24.4. The molecule has 1 N–H and O–H groups in total. The molecule has 0 unspecified atom stereocenters. The zero-order chi connectivity index (χ0) is 21.8. The fourth-order valence-electron chi connectivity index (χ4n) is 4.04. The van der Waals surface area contributed by atoms with Crippen LogP contribution in [-0.4, -0.2) is 25.7 Å². The van der Waals surface area contributed by atoms with Crippen molar-refractivity contribution < 1.29 is 14.3 Å². The van der Waals surface area contributed by atoms with Gasteiger partial charge in [-0.2, -0.15) is 0 Å². The van der Waals surface area contributed by atoms with Crippen LogP contribution in [-0.2, 0) is 24.2 Å². The molecule has 0 fully saturated rings. The molecule has 32 heavy (non-hydrogen) atoms. The van der Waals surface area contributed by atoms with Crippen molar-refractivity contribution in [1.82, 2.24) is 5.32 Å². The van der Waals surface area contributed by atoms with Crippen LogP contribution < -0.4 is 10.1 Å². The van der Waals surface area contributed by atoms with Gasteiger partial charge >= 0.3 is 0 Å². The number of thiophene rings is 1. The second-order valence-electron chi connectivity index (χ2n) is 7.94. The first kappa shape index (κ1) is 20.7. The van der Waals surface area contributed by atoms with Gasteiger partial charge in [0, 0.05) is 34.5 Å². The van der Waals surface area contributed by atoms with Crippen LogP contribution in [0.2, 0.25) is 0 Å². The van der Waals surface area contributed by atoms with Gasteiger partial charge < -0.3 is 14.8 Å². The molecule has 2 heterocycles. The molecule has 162 valence electrons. The smallest absolute Gasteiger partial charge is 0.251 e. The number of amides is 1. The van der Waals surface area contributed by atoms with E-state index in [4.69, 9.17) is 9.47 Å². The van der Waals surface area contributed by atoms with Crippen molar-refractivity contribution >= 4 is 27.3 Å². The molecule has 0 saturated carbocycles. The van der Waals surface area contributed by atoms with Crippen molar-refractivity contribution in [1.29, 1.82) is 0 Å². The van der Waals surface area contributed by atoms with E-state index in [0.717, 1.165) is 25.2 Å². The van der Waals surface area contributed by atoms with E-state index in [1.165, 1.54) is 31.7 Å². The number of fused-ring (bicyclic) bond motifs is 2. The number of ether oxygens (including phenoxy) is 2. The number of carbonyl (C=O) groups excluding carboxylic acids is 1. The Labute approximate surface area is 191 Å². The van der Waals surface area contributed by atoms with Crippen molar-refractivity contribution in [2.45, 2.75) is 19.4 Å². The van der Waals surface area contributed by atoms with Gasteiger partial charge in [0.1, 0.15) is 5.75 Å². The lowest BCUT2D eigenvalue weighted by Crippen LogP contribution is -2.27. The summed E-state index contributed by atoms with van der Waals surface area (Å²) in [7, 11) is 0. The number of rotatable bonds is 8. The van der Waals surface area contributed by atoms with E-state index in [1.54, 1.807) is 0 Å². The average Bonchev–Trinajstić information content (AvgIpc) is 3.45. The van der Waals surface area contributed by atoms with Crippen molar-refractivity contribution in [3.63, 3.8) is 0 Å². The Kier molecular flexibility index (Phi) is 6.19. The lowest BCUT2D eigenvalue weighted by molar-refractivity contribution is 0.0902. The Morgan fingerprint density at radius 3 is 2.84 bits per heavy atom. The normalized spacial score (nSPS) is 12.5. The summed E-state index contributed by atoms with van der Waals surface area (Å²) in [5.41, 5.74) is 4.50. The molecule has 0 radical (unpaired) electrons. The zero-order valence-electron chi connectivity index (χ0n) is 17.8. The second-order valence-corrected chi connectivity index (χ2v) is 9.08. The van der Waals surface area contributed by atoms with Crippen molar-refractivity contribution in [3.05, 3.63) is 99.9 Å². The van der Waals surface area contributed by atoms with E-state index < -0.39 is 0 Å².